The van der Waals surface area contributed by atoms with Gasteiger partial charge in [0.2, 0.25) is 0 Å². The van der Waals surface area contributed by atoms with Crippen molar-refractivity contribution in [3.63, 3.8) is 0 Å². The Hall–Kier alpha value is -1.88. The molecule has 2 aliphatic rings. The van der Waals surface area contributed by atoms with Crippen LogP contribution in [-0.2, 0) is 15.6 Å². The van der Waals surface area contributed by atoms with Gasteiger partial charge in [0.15, 0.2) is 5.78 Å². The Kier molecular flexibility index (Phi) is 5.59. The number of carbonyl (C=O) groups is 1. The number of hydrogen-bond donors (Lipinski definition) is 2. The molecule has 1 aliphatic heterocycles. The van der Waals surface area contributed by atoms with Gasteiger partial charge in [-0.05, 0) is 41.7 Å². The molecule has 0 bridgehead atoms. The predicted octanol–water partition coefficient (Wildman–Crippen LogP) is 4.50. The van der Waals surface area contributed by atoms with Gasteiger partial charge in [-0.3, -0.25) is 10.2 Å². The normalized spacial score (nSPS) is 24.9. The number of amidine groups is 1. The van der Waals surface area contributed by atoms with E-state index in [0.717, 1.165) is 30.5 Å². The van der Waals surface area contributed by atoms with Gasteiger partial charge in [-0.2, -0.15) is 0 Å². The minimum absolute atomic E-state index is 0.00835. The first kappa shape index (κ1) is 21.8. The van der Waals surface area contributed by atoms with Crippen LogP contribution in [-0.4, -0.2) is 47.9 Å². The summed E-state index contributed by atoms with van der Waals surface area (Å²) in [7, 11) is 1.74. The third kappa shape index (κ3) is 4.20. The Bertz CT molecular complexity index is 781. The number of ether oxygens (including phenoxy) is 1. The Morgan fingerprint density at radius 1 is 1.14 bits per heavy atom. The van der Waals surface area contributed by atoms with Crippen molar-refractivity contribution in [2.75, 3.05) is 20.2 Å². The van der Waals surface area contributed by atoms with E-state index in [1.54, 1.807) is 7.11 Å². The lowest BCUT2D eigenvalue weighted by atomic mass is 9.78. The van der Waals surface area contributed by atoms with Crippen molar-refractivity contribution < 1.29 is 14.6 Å². The van der Waals surface area contributed by atoms with Crippen LogP contribution in [0.4, 0.5) is 0 Å². The highest BCUT2D eigenvalue weighted by molar-refractivity contribution is 6.01. The first-order valence-corrected chi connectivity index (χ1v) is 10.6. The fourth-order valence-electron chi connectivity index (χ4n) is 4.77. The van der Waals surface area contributed by atoms with Crippen molar-refractivity contribution in [3.8, 4) is 5.75 Å². The summed E-state index contributed by atoms with van der Waals surface area (Å²) in [6.07, 6.45) is 2.09. The lowest BCUT2D eigenvalue weighted by Gasteiger charge is -2.28. The zero-order chi connectivity index (χ0) is 21.7. The second-order valence-corrected chi connectivity index (χ2v) is 10.8. The van der Waals surface area contributed by atoms with E-state index in [1.807, 2.05) is 58.6 Å². The summed E-state index contributed by atoms with van der Waals surface area (Å²) in [6, 6.07) is 3.68. The molecule has 1 aliphatic carbocycles. The Balaban J connectivity index is 1.86. The number of ketones is 1. The van der Waals surface area contributed by atoms with Gasteiger partial charge in [-0.15, -0.1) is 0 Å². The second-order valence-electron chi connectivity index (χ2n) is 10.8. The number of phenols is 1. The highest BCUT2D eigenvalue weighted by Crippen LogP contribution is 2.41. The number of methoxy groups -OCH3 is 1. The topological polar surface area (TPSA) is 73.6 Å². The number of hydrogen-bond acceptors (Lipinski definition) is 4. The van der Waals surface area contributed by atoms with Crippen LogP contribution in [0, 0.1) is 17.2 Å². The first-order valence-electron chi connectivity index (χ1n) is 10.6. The lowest BCUT2D eigenvalue weighted by molar-refractivity contribution is 0.0943. The molecule has 3 atom stereocenters. The number of benzene rings is 1. The van der Waals surface area contributed by atoms with Gasteiger partial charge in [0, 0.05) is 36.3 Å². The van der Waals surface area contributed by atoms with E-state index in [0.29, 0.717) is 17.3 Å². The molecule has 1 aromatic rings. The first-order chi connectivity index (χ1) is 13.3. The summed E-state index contributed by atoms with van der Waals surface area (Å²) < 4.78 is 5.48. The van der Waals surface area contributed by atoms with Gasteiger partial charge in [-0.25, -0.2) is 0 Å². The molecule has 1 aromatic carbocycles. The molecule has 0 aromatic heterocycles. The van der Waals surface area contributed by atoms with E-state index in [2.05, 4.69) is 0 Å². The number of rotatable bonds is 4. The van der Waals surface area contributed by atoms with Crippen molar-refractivity contribution in [2.45, 2.75) is 71.3 Å². The zero-order valence-corrected chi connectivity index (χ0v) is 18.9. The van der Waals surface area contributed by atoms with Crippen molar-refractivity contribution in [1.29, 1.82) is 5.41 Å². The van der Waals surface area contributed by atoms with Gasteiger partial charge < -0.3 is 14.7 Å². The molecule has 2 fully saturated rings. The average molecular weight is 401 g/mol. The number of aromatic hydroxyl groups is 1. The minimum Gasteiger partial charge on any atom is -0.507 e. The highest BCUT2D eigenvalue weighted by atomic mass is 16.5. The van der Waals surface area contributed by atoms with Gasteiger partial charge in [0.05, 0.1) is 18.5 Å². The van der Waals surface area contributed by atoms with Crippen LogP contribution in [0.15, 0.2) is 12.1 Å². The maximum absolute atomic E-state index is 13.2. The summed E-state index contributed by atoms with van der Waals surface area (Å²) in [5.41, 5.74) is 1.67. The summed E-state index contributed by atoms with van der Waals surface area (Å²) in [4.78, 5) is 15.1. The van der Waals surface area contributed by atoms with E-state index in [9.17, 15) is 9.90 Å². The van der Waals surface area contributed by atoms with Gasteiger partial charge in [-0.1, -0.05) is 41.5 Å². The predicted molar refractivity (Wildman–Crippen MR) is 116 cm³/mol. The van der Waals surface area contributed by atoms with Crippen LogP contribution in [0.1, 0.15) is 75.9 Å². The van der Waals surface area contributed by atoms with E-state index in [1.165, 1.54) is 0 Å². The molecular weight excluding hydrogens is 364 g/mol. The standard InChI is InChI=1S/C24H36N2O3/c1-23(2,3)18-9-14(10-19(21(18)28)24(4,5)6)20(27)13-26-12-15-8-16(29-7)11-17(15)22(26)25/h9-10,15-17,25,28H,8,11-13H2,1-7H3/t15-,16+,17-/m0/s1. The molecule has 0 unspecified atom stereocenters. The molecule has 29 heavy (non-hydrogen) atoms. The van der Waals surface area contributed by atoms with Crippen LogP contribution in [0.25, 0.3) is 0 Å². The van der Waals surface area contributed by atoms with Crippen LogP contribution >= 0.6 is 0 Å². The van der Waals surface area contributed by atoms with E-state index >= 15 is 0 Å². The molecule has 0 spiro atoms. The van der Waals surface area contributed by atoms with Crippen molar-refractivity contribution in [2.24, 2.45) is 11.8 Å². The molecule has 5 nitrogen and oxygen atoms in total. The number of carbonyl (C=O) groups excluding carboxylic acids is 1. The number of likely N-dealkylation sites (tertiary alicyclic amines) is 1. The number of nitrogens with one attached hydrogen (secondary N) is 1. The molecule has 1 saturated carbocycles. The van der Waals surface area contributed by atoms with E-state index in [4.69, 9.17) is 10.1 Å². The van der Waals surface area contributed by atoms with Gasteiger partial charge in [0.1, 0.15) is 5.75 Å². The number of nitrogens with zero attached hydrogens (tertiary/aromatic N) is 1. The summed E-state index contributed by atoms with van der Waals surface area (Å²) >= 11 is 0. The quantitative estimate of drug-likeness (QED) is 0.730. The Morgan fingerprint density at radius 3 is 2.14 bits per heavy atom. The van der Waals surface area contributed by atoms with Crippen molar-refractivity contribution >= 4 is 11.6 Å². The van der Waals surface area contributed by atoms with E-state index < -0.39 is 0 Å². The van der Waals surface area contributed by atoms with Crippen molar-refractivity contribution in [3.05, 3.63) is 28.8 Å². The maximum atomic E-state index is 13.2. The molecule has 5 heteroatoms. The van der Waals surface area contributed by atoms with Crippen LogP contribution in [0.5, 0.6) is 5.75 Å². The molecule has 0 amide bonds. The van der Waals surface area contributed by atoms with Gasteiger partial charge >= 0.3 is 0 Å². The van der Waals surface area contributed by atoms with Crippen LogP contribution in [0.2, 0.25) is 0 Å². The third-order valence-corrected chi connectivity index (χ3v) is 6.51. The molecule has 0 radical (unpaired) electrons. The molecule has 1 saturated heterocycles. The maximum Gasteiger partial charge on any atom is 0.182 e. The van der Waals surface area contributed by atoms with Crippen molar-refractivity contribution in [1.82, 2.24) is 4.90 Å². The Morgan fingerprint density at radius 2 is 1.69 bits per heavy atom. The fourth-order valence-corrected chi connectivity index (χ4v) is 4.77. The fraction of sp³-hybridized carbons (Fsp3) is 0.667. The molecule has 2 N–H and O–H groups in total. The monoisotopic (exact) mass is 400 g/mol. The van der Waals surface area contributed by atoms with E-state index in [-0.39, 0.29) is 40.9 Å². The molecule has 1 heterocycles. The average Bonchev–Trinajstić information content (AvgIpc) is 3.12. The smallest absolute Gasteiger partial charge is 0.182 e. The summed E-state index contributed by atoms with van der Waals surface area (Å²) in [6.45, 7) is 13.3. The number of fused-ring (bicyclic) bond motifs is 1. The minimum atomic E-state index is -0.271. The van der Waals surface area contributed by atoms with Gasteiger partial charge in [0.25, 0.3) is 0 Å². The second kappa shape index (κ2) is 7.42. The number of phenolic OH excluding ortho intramolecular Hbond substituents is 1. The lowest BCUT2D eigenvalue weighted by Crippen LogP contribution is -2.33. The number of Topliss-reactive ketones (excluding diaryl/α,β-unsaturated/α-hetero) is 1. The summed E-state index contributed by atoms with van der Waals surface area (Å²) in [5, 5.41) is 19.4. The largest absolute Gasteiger partial charge is 0.507 e. The Labute approximate surface area is 175 Å². The zero-order valence-electron chi connectivity index (χ0n) is 18.9. The molecule has 3 rings (SSSR count). The van der Waals surface area contributed by atoms with Crippen LogP contribution in [0.3, 0.4) is 0 Å². The molecular formula is C24H36N2O3. The third-order valence-electron chi connectivity index (χ3n) is 6.51. The SMILES string of the molecule is CO[C@@H]1C[C@H]2CN(CC(=O)c3cc(C(C)(C)C)c(O)c(C(C)(C)C)c3)C(=N)[C@H]2C1. The van der Waals surface area contributed by atoms with Crippen LogP contribution < -0.4 is 0 Å². The summed E-state index contributed by atoms with van der Waals surface area (Å²) in [5.74, 6) is 1.50. The highest BCUT2D eigenvalue weighted by Gasteiger charge is 2.45. The molecule has 160 valence electrons.